The van der Waals surface area contributed by atoms with Crippen LogP contribution in [-0.4, -0.2) is 75.3 Å². The van der Waals surface area contributed by atoms with E-state index in [0.29, 0.717) is 0 Å². The number of carbonyl (C=O) groups excluding carboxylic acids is 3. The van der Waals surface area contributed by atoms with Gasteiger partial charge in [0, 0.05) is 6.42 Å². The average molecular weight is 475 g/mol. The van der Waals surface area contributed by atoms with Crippen LogP contribution in [0.2, 0.25) is 0 Å². The highest BCUT2D eigenvalue weighted by molar-refractivity contribution is 5.94. The van der Waals surface area contributed by atoms with Gasteiger partial charge in [-0.1, -0.05) is 27.7 Å². The highest BCUT2D eigenvalue weighted by atomic mass is 16.4. The lowest BCUT2D eigenvalue weighted by molar-refractivity contribution is -0.143. The molecule has 12 nitrogen and oxygen atoms in total. The monoisotopic (exact) mass is 474 g/mol. The first-order valence-electron chi connectivity index (χ1n) is 10.9. The first-order chi connectivity index (χ1) is 15.1. The third-order valence-corrected chi connectivity index (χ3v) is 4.76. The minimum Gasteiger partial charge on any atom is -0.481 e. The van der Waals surface area contributed by atoms with Crippen molar-refractivity contribution in [2.75, 3.05) is 0 Å². The van der Waals surface area contributed by atoms with Crippen LogP contribution < -0.4 is 21.7 Å². The molecule has 5 unspecified atom stereocenters. The first-order valence-corrected chi connectivity index (χ1v) is 10.9. The van der Waals surface area contributed by atoms with Crippen molar-refractivity contribution < 1.29 is 39.3 Å². The van der Waals surface area contributed by atoms with Crippen molar-refractivity contribution in [1.82, 2.24) is 16.0 Å². The zero-order chi connectivity index (χ0) is 25.9. The van der Waals surface area contributed by atoms with Crippen molar-refractivity contribution in [2.24, 2.45) is 17.6 Å². The number of amides is 3. The predicted molar refractivity (Wildman–Crippen MR) is 119 cm³/mol. The Morgan fingerprint density at radius 2 is 1.15 bits per heavy atom. The number of aliphatic hydroxyl groups excluding tert-OH is 1. The quantitative estimate of drug-likeness (QED) is 0.158. The van der Waals surface area contributed by atoms with E-state index >= 15 is 0 Å². The molecule has 0 aromatic rings. The van der Waals surface area contributed by atoms with E-state index in [1.165, 1.54) is 6.92 Å². The summed E-state index contributed by atoms with van der Waals surface area (Å²) in [5, 5.41) is 35.1. The summed E-state index contributed by atoms with van der Waals surface area (Å²) in [4.78, 5) is 60.3. The molecule has 0 bridgehead atoms. The van der Waals surface area contributed by atoms with Crippen molar-refractivity contribution in [3.8, 4) is 0 Å². The average Bonchev–Trinajstić information content (AvgIpc) is 2.67. The van der Waals surface area contributed by atoms with Gasteiger partial charge >= 0.3 is 11.9 Å². The number of aliphatic carboxylic acids is 2. The lowest BCUT2D eigenvalue weighted by atomic mass is 10.00. The molecule has 0 aliphatic rings. The Morgan fingerprint density at radius 1 is 0.727 bits per heavy atom. The van der Waals surface area contributed by atoms with Crippen LogP contribution in [0.3, 0.4) is 0 Å². The van der Waals surface area contributed by atoms with Gasteiger partial charge in [-0.15, -0.1) is 0 Å². The second-order valence-electron chi connectivity index (χ2n) is 8.98. The molecule has 190 valence electrons. The summed E-state index contributed by atoms with van der Waals surface area (Å²) in [6.45, 7) is 8.52. The summed E-state index contributed by atoms with van der Waals surface area (Å²) in [6.07, 6.45) is -1.56. The van der Waals surface area contributed by atoms with Crippen LogP contribution >= 0.6 is 0 Å². The van der Waals surface area contributed by atoms with Gasteiger partial charge < -0.3 is 37.0 Å². The lowest BCUT2D eigenvalue weighted by Gasteiger charge is -2.26. The Labute approximate surface area is 193 Å². The Morgan fingerprint density at radius 3 is 1.58 bits per heavy atom. The van der Waals surface area contributed by atoms with Crippen molar-refractivity contribution in [3.05, 3.63) is 0 Å². The molecule has 0 aliphatic carbocycles. The molecule has 0 fully saturated rings. The fraction of sp³-hybridized carbons (Fsp3) is 0.762. The standard InChI is InChI=1S/C21H38N4O8/c1-10(2)8-14(19(30)25-15(21(32)33)9-11(3)4)24-18(29)13(6-7-16(27)28)23-20(31)17(22)12(5)26/h10-15,17,26H,6-9,22H2,1-5H3,(H,23,31)(H,24,29)(H,25,30)(H,27,28)(H,32,33). The highest BCUT2D eigenvalue weighted by Gasteiger charge is 2.31. The van der Waals surface area contributed by atoms with Crippen LogP contribution in [0.25, 0.3) is 0 Å². The molecule has 0 heterocycles. The third-order valence-electron chi connectivity index (χ3n) is 4.76. The minimum atomic E-state index is -1.34. The fourth-order valence-corrected chi connectivity index (χ4v) is 2.96. The van der Waals surface area contributed by atoms with Crippen LogP contribution in [0.1, 0.15) is 60.3 Å². The molecule has 0 aromatic heterocycles. The Balaban J connectivity index is 5.57. The molecule has 0 radical (unpaired) electrons. The normalized spacial score (nSPS) is 15.8. The predicted octanol–water partition coefficient (Wildman–Crippen LogP) is -0.809. The van der Waals surface area contributed by atoms with E-state index in [9.17, 15) is 34.2 Å². The maximum absolute atomic E-state index is 12.9. The van der Waals surface area contributed by atoms with Crippen LogP contribution in [0.5, 0.6) is 0 Å². The molecule has 0 saturated carbocycles. The smallest absolute Gasteiger partial charge is 0.326 e. The van der Waals surface area contributed by atoms with Gasteiger partial charge in [-0.3, -0.25) is 19.2 Å². The molecule has 5 atom stereocenters. The molecular weight excluding hydrogens is 436 g/mol. The maximum atomic E-state index is 12.9. The maximum Gasteiger partial charge on any atom is 0.326 e. The minimum absolute atomic E-state index is 0.00160. The fourth-order valence-electron chi connectivity index (χ4n) is 2.96. The number of aliphatic hydroxyl groups is 1. The number of nitrogens with two attached hydrogens (primary N) is 1. The van der Waals surface area contributed by atoms with Crippen LogP contribution in [0.15, 0.2) is 0 Å². The molecule has 0 aromatic carbocycles. The first kappa shape index (κ1) is 30.3. The molecule has 33 heavy (non-hydrogen) atoms. The number of carboxylic acids is 2. The van der Waals surface area contributed by atoms with E-state index in [-0.39, 0.29) is 31.1 Å². The number of hydrogen-bond donors (Lipinski definition) is 7. The zero-order valence-electron chi connectivity index (χ0n) is 19.8. The summed E-state index contributed by atoms with van der Waals surface area (Å²) >= 11 is 0. The van der Waals surface area contributed by atoms with Crippen LogP contribution in [-0.2, 0) is 24.0 Å². The Bertz CT molecular complexity index is 696. The molecule has 3 amide bonds. The molecular formula is C21H38N4O8. The van der Waals surface area contributed by atoms with Crippen molar-refractivity contribution in [3.63, 3.8) is 0 Å². The summed E-state index contributed by atoms with van der Waals surface area (Å²) in [7, 11) is 0. The SMILES string of the molecule is CC(C)CC(NC(=O)C(CC(C)C)NC(=O)C(CCC(=O)O)NC(=O)C(N)C(C)O)C(=O)O. The summed E-state index contributed by atoms with van der Waals surface area (Å²) in [6, 6.07) is -4.92. The van der Waals surface area contributed by atoms with E-state index in [2.05, 4.69) is 16.0 Å². The van der Waals surface area contributed by atoms with Gasteiger partial charge in [-0.05, 0) is 38.0 Å². The van der Waals surface area contributed by atoms with Crippen molar-refractivity contribution in [1.29, 1.82) is 0 Å². The largest absolute Gasteiger partial charge is 0.481 e. The van der Waals surface area contributed by atoms with E-state index in [1.54, 1.807) is 13.8 Å². The van der Waals surface area contributed by atoms with Gasteiger partial charge in [-0.25, -0.2) is 4.79 Å². The van der Waals surface area contributed by atoms with Crippen molar-refractivity contribution in [2.45, 2.75) is 90.6 Å². The summed E-state index contributed by atoms with van der Waals surface area (Å²) < 4.78 is 0. The summed E-state index contributed by atoms with van der Waals surface area (Å²) in [5.41, 5.74) is 5.57. The molecule has 8 N–H and O–H groups in total. The second-order valence-corrected chi connectivity index (χ2v) is 8.98. The van der Waals surface area contributed by atoms with Crippen molar-refractivity contribution >= 4 is 29.7 Å². The van der Waals surface area contributed by atoms with Gasteiger partial charge in [0.05, 0.1) is 6.10 Å². The van der Waals surface area contributed by atoms with Gasteiger partial charge in [0.2, 0.25) is 17.7 Å². The Kier molecular flexibility index (Phi) is 13.2. The zero-order valence-corrected chi connectivity index (χ0v) is 19.8. The highest BCUT2D eigenvalue weighted by Crippen LogP contribution is 2.10. The molecule has 12 heteroatoms. The van der Waals surface area contributed by atoms with E-state index in [4.69, 9.17) is 10.8 Å². The number of carbonyl (C=O) groups is 5. The van der Waals surface area contributed by atoms with Gasteiger partial charge in [0.1, 0.15) is 24.2 Å². The number of carboxylic acid groups (broad SMARTS) is 2. The van der Waals surface area contributed by atoms with Gasteiger partial charge in [-0.2, -0.15) is 0 Å². The lowest BCUT2D eigenvalue weighted by Crippen LogP contribution is -2.58. The van der Waals surface area contributed by atoms with E-state index in [1.807, 2.05) is 13.8 Å². The summed E-state index contributed by atoms with van der Waals surface area (Å²) in [5.74, 6) is -4.83. The molecule has 0 aliphatic heterocycles. The molecule has 0 rings (SSSR count). The van der Waals surface area contributed by atoms with Crippen LogP contribution in [0.4, 0.5) is 0 Å². The van der Waals surface area contributed by atoms with E-state index < -0.39 is 66.4 Å². The third kappa shape index (κ3) is 12.2. The van der Waals surface area contributed by atoms with Crippen LogP contribution in [0, 0.1) is 11.8 Å². The number of nitrogens with one attached hydrogen (secondary N) is 3. The molecule has 0 spiro atoms. The molecule has 0 saturated heterocycles. The van der Waals surface area contributed by atoms with Gasteiger partial charge in [0.25, 0.3) is 0 Å². The Hall–Kier alpha value is -2.73. The van der Waals surface area contributed by atoms with Gasteiger partial charge in [0.15, 0.2) is 0 Å². The topological polar surface area (TPSA) is 208 Å². The number of rotatable bonds is 15. The van der Waals surface area contributed by atoms with E-state index in [0.717, 1.165) is 0 Å². The number of hydrogen-bond acceptors (Lipinski definition) is 7. The second kappa shape index (κ2) is 14.4.